The average molecular weight is 582 g/mol. The Labute approximate surface area is 232 Å². The summed E-state index contributed by atoms with van der Waals surface area (Å²) >= 11 is 0. The van der Waals surface area contributed by atoms with Gasteiger partial charge in [-0.15, -0.1) is 0 Å². The maximum Gasteiger partial charge on any atom is 0.393 e. The SMILES string of the molecule is CC(C)n1nccc1C(=O)N[C@H](c1cn2nc(CC3C[C@@H](C(F)(F)F)CNC3=O)ccc2n1)[C@H]1CCCC(F)(F)C1. The molecule has 0 spiro atoms. The van der Waals surface area contributed by atoms with E-state index in [0.29, 0.717) is 35.6 Å². The highest BCUT2D eigenvalue weighted by atomic mass is 19.4. The van der Waals surface area contributed by atoms with E-state index in [1.54, 1.807) is 22.9 Å². The van der Waals surface area contributed by atoms with Gasteiger partial charge in [0.25, 0.3) is 5.91 Å². The van der Waals surface area contributed by atoms with Gasteiger partial charge in [0.15, 0.2) is 5.65 Å². The number of carbonyl (C=O) groups excluding carboxylic acids is 2. The minimum Gasteiger partial charge on any atom is -0.355 e. The Hall–Kier alpha value is -3.58. The number of halogens is 5. The molecule has 4 atom stereocenters. The molecule has 1 unspecified atom stereocenters. The van der Waals surface area contributed by atoms with Gasteiger partial charge in [0.2, 0.25) is 11.8 Å². The van der Waals surface area contributed by atoms with Gasteiger partial charge in [0.1, 0.15) is 5.69 Å². The van der Waals surface area contributed by atoms with Gasteiger partial charge in [-0.05, 0) is 57.2 Å². The van der Waals surface area contributed by atoms with E-state index in [-0.39, 0.29) is 25.3 Å². The van der Waals surface area contributed by atoms with Crippen molar-refractivity contribution < 1.29 is 31.5 Å². The van der Waals surface area contributed by atoms with Gasteiger partial charge in [-0.25, -0.2) is 18.3 Å². The van der Waals surface area contributed by atoms with Crippen molar-refractivity contribution in [3.63, 3.8) is 0 Å². The maximum atomic E-state index is 14.5. The third-order valence-corrected chi connectivity index (χ3v) is 7.92. The number of hydrogen-bond donors (Lipinski definition) is 2. The molecule has 14 heteroatoms. The van der Waals surface area contributed by atoms with Crippen LogP contribution >= 0.6 is 0 Å². The van der Waals surface area contributed by atoms with Crippen LogP contribution in [-0.2, 0) is 11.2 Å². The number of carbonyl (C=O) groups is 2. The summed E-state index contributed by atoms with van der Waals surface area (Å²) in [6, 6.07) is 3.81. The molecule has 0 aromatic carbocycles. The van der Waals surface area contributed by atoms with Crippen molar-refractivity contribution in [1.29, 1.82) is 0 Å². The molecule has 1 saturated heterocycles. The normalized spacial score (nSPS) is 23.9. The predicted octanol–water partition coefficient (Wildman–Crippen LogP) is 4.66. The molecule has 1 saturated carbocycles. The zero-order chi connectivity index (χ0) is 29.5. The third-order valence-electron chi connectivity index (χ3n) is 7.92. The van der Waals surface area contributed by atoms with E-state index in [1.807, 2.05) is 13.8 Å². The monoisotopic (exact) mass is 581 g/mol. The van der Waals surface area contributed by atoms with E-state index in [1.165, 1.54) is 16.9 Å². The molecular formula is C27H32F5N7O2. The van der Waals surface area contributed by atoms with Crippen LogP contribution in [0.3, 0.4) is 0 Å². The first-order chi connectivity index (χ1) is 19.3. The molecule has 0 radical (unpaired) electrons. The number of piperidine rings is 1. The van der Waals surface area contributed by atoms with E-state index in [2.05, 4.69) is 25.8 Å². The van der Waals surface area contributed by atoms with Crippen molar-refractivity contribution >= 4 is 17.5 Å². The molecule has 2 fully saturated rings. The number of amides is 2. The first-order valence-corrected chi connectivity index (χ1v) is 13.7. The Bertz CT molecular complexity index is 1420. The number of fused-ring (bicyclic) bond motifs is 1. The van der Waals surface area contributed by atoms with Crippen molar-refractivity contribution in [3.8, 4) is 0 Å². The Morgan fingerprint density at radius 3 is 2.73 bits per heavy atom. The minimum atomic E-state index is -4.41. The van der Waals surface area contributed by atoms with Crippen LogP contribution in [0.1, 0.15) is 79.9 Å². The number of rotatable bonds is 7. The summed E-state index contributed by atoms with van der Waals surface area (Å²) in [5.74, 6) is -6.91. The van der Waals surface area contributed by atoms with Gasteiger partial charge in [0.05, 0.1) is 29.5 Å². The molecule has 4 heterocycles. The summed E-state index contributed by atoms with van der Waals surface area (Å²) in [5, 5.41) is 13.9. The summed E-state index contributed by atoms with van der Waals surface area (Å²) < 4.78 is 71.6. The highest BCUT2D eigenvalue weighted by molar-refractivity contribution is 5.92. The quantitative estimate of drug-likeness (QED) is 0.395. The molecule has 0 bridgehead atoms. The first kappa shape index (κ1) is 28.9. The van der Waals surface area contributed by atoms with Crippen LogP contribution in [0.25, 0.3) is 5.65 Å². The highest BCUT2D eigenvalue weighted by Gasteiger charge is 2.45. The Morgan fingerprint density at radius 1 is 1.24 bits per heavy atom. The fraction of sp³-hybridized carbons (Fsp3) is 0.593. The highest BCUT2D eigenvalue weighted by Crippen LogP contribution is 2.42. The van der Waals surface area contributed by atoms with Crippen LogP contribution in [0.4, 0.5) is 22.0 Å². The smallest absolute Gasteiger partial charge is 0.355 e. The summed E-state index contributed by atoms with van der Waals surface area (Å²) in [4.78, 5) is 30.2. The lowest BCUT2D eigenvalue weighted by Gasteiger charge is -2.34. The van der Waals surface area contributed by atoms with Crippen molar-refractivity contribution in [2.24, 2.45) is 17.8 Å². The van der Waals surface area contributed by atoms with Gasteiger partial charge in [-0.1, -0.05) is 0 Å². The summed E-state index contributed by atoms with van der Waals surface area (Å²) in [5.41, 5.74) is 1.39. The molecule has 5 rings (SSSR count). The molecule has 9 nitrogen and oxygen atoms in total. The van der Waals surface area contributed by atoms with Crippen molar-refractivity contribution in [1.82, 2.24) is 35.0 Å². The number of alkyl halides is 5. The van der Waals surface area contributed by atoms with E-state index in [9.17, 15) is 31.5 Å². The molecule has 3 aromatic heterocycles. The van der Waals surface area contributed by atoms with Crippen molar-refractivity contribution in [2.75, 3.05) is 6.54 Å². The lowest BCUT2D eigenvalue weighted by Crippen LogP contribution is -2.47. The molecule has 1 aliphatic heterocycles. The second-order valence-corrected chi connectivity index (χ2v) is 11.3. The molecule has 41 heavy (non-hydrogen) atoms. The molecule has 222 valence electrons. The van der Waals surface area contributed by atoms with E-state index in [0.717, 1.165) is 0 Å². The summed E-state index contributed by atoms with van der Waals surface area (Å²) in [6.45, 7) is 3.30. The predicted molar refractivity (Wildman–Crippen MR) is 137 cm³/mol. The molecular weight excluding hydrogens is 549 g/mol. The van der Waals surface area contributed by atoms with Gasteiger partial charge >= 0.3 is 6.18 Å². The second-order valence-electron chi connectivity index (χ2n) is 11.3. The third kappa shape index (κ3) is 6.35. The Morgan fingerprint density at radius 2 is 2.02 bits per heavy atom. The zero-order valence-corrected chi connectivity index (χ0v) is 22.7. The van der Waals surface area contributed by atoms with Crippen LogP contribution in [0.5, 0.6) is 0 Å². The standard InChI is InChI=1S/C27H32F5N7O2/c1-15(2)39-21(7-9-34-39)25(41)36-23(16-4-3-8-26(28,29)12-16)20-14-38-22(35-20)6-5-19(37-38)11-17-10-18(27(30,31)32)13-33-24(17)40/h5-7,9,14-18,23H,3-4,8,10-13H2,1-2H3,(H,33,40)(H,36,41)/t16-,17?,18+,23-/m0/s1. The molecule has 2 N–H and O–H groups in total. The lowest BCUT2D eigenvalue weighted by atomic mass is 9.80. The average Bonchev–Trinajstić information content (AvgIpc) is 3.54. The largest absolute Gasteiger partial charge is 0.393 e. The molecule has 2 aliphatic rings. The maximum absolute atomic E-state index is 14.5. The van der Waals surface area contributed by atoms with Crippen LogP contribution in [0, 0.1) is 17.8 Å². The van der Waals surface area contributed by atoms with E-state index >= 15 is 0 Å². The van der Waals surface area contributed by atoms with Crippen molar-refractivity contribution in [2.45, 2.75) is 76.6 Å². The summed E-state index contributed by atoms with van der Waals surface area (Å²) in [6.07, 6.45) is -1.58. The van der Waals surface area contributed by atoms with Crippen LogP contribution in [0.15, 0.2) is 30.6 Å². The molecule has 1 aliphatic carbocycles. The Balaban J connectivity index is 1.41. The number of nitrogens with zero attached hydrogens (tertiary/aromatic N) is 5. The van der Waals surface area contributed by atoms with Gasteiger partial charge in [0, 0.05) is 44.0 Å². The summed E-state index contributed by atoms with van der Waals surface area (Å²) in [7, 11) is 0. The molecule has 2 amide bonds. The van der Waals surface area contributed by atoms with Crippen LogP contribution in [-0.4, -0.2) is 54.8 Å². The van der Waals surface area contributed by atoms with Gasteiger partial charge in [-0.2, -0.15) is 23.4 Å². The fourth-order valence-corrected chi connectivity index (χ4v) is 5.83. The number of imidazole rings is 1. The van der Waals surface area contributed by atoms with Crippen LogP contribution in [0.2, 0.25) is 0 Å². The first-order valence-electron chi connectivity index (χ1n) is 13.7. The molecule has 3 aromatic rings. The van der Waals surface area contributed by atoms with Crippen LogP contribution < -0.4 is 10.6 Å². The van der Waals surface area contributed by atoms with Crippen molar-refractivity contribution in [3.05, 3.63) is 47.7 Å². The lowest BCUT2D eigenvalue weighted by molar-refractivity contribution is -0.183. The Kier molecular flexibility index (Phi) is 7.77. The van der Waals surface area contributed by atoms with Gasteiger partial charge in [-0.3, -0.25) is 14.3 Å². The number of hydrogen-bond acceptors (Lipinski definition) is 5. The fourth-order valence-electron chi connectivity index (χ4n) is 5.83. The minimum absolute atomic E-state index is 0.00390. The van der Waals surface area contributed by atoms with E-state index < -0.39 is 60.7 Å². The zero-order valence-electron chi connectivity index (χ0n) is 22.7. The van der Waals surface area contributed by atoms with Gasteiger partial charge < -0.3 is 10.6 Å². The van der Waals surface area contributed by atoms with E-state index in [4.69, 9.17) is 0 Å². The second kappa shape index (κ2) is 11.0. The number of nitrogens with one attached hydrogen (secondary N) is 2. The topological polar surface area (TPSA) is 106 Å². The number of aromatic nitrogens is 5.